The van der Waals surface area contributed by atoms with Gasteiger partial charge < -0.3 is 5.32 Å². The molecule has 0 saturated heterocycles. The summed E-state index contributed by atoms with van der Waals surface area (Å²) in [4.78, 5) is 11.9. The highest BCUT2D eigenvalue weighted by atomic mass is 19.1. The molecule has 0 radical (unpaired) electrons. The Morgan fingerprint density at radius 2 is 2.00 bits per heavy atom. The van der Waals surface area contributed by atoms with Crippen molar-refractivity contribution in [1.29, 1.82) is 0 Å². The molecule has 2 nitrogen and oxygen atoms in total. The number of nitrogens with one attached hydrogen (secondary N) is 1. The first-order chi connectivity index (χ1) is 8.58. The number of amides is 1. The number of carbonyl (C=O) groups excluding carboxylic acids is 1. The molecule has 1 aliphatic rings. The zero-order valence-electron chi connectivity index (χ0n) is 10.4. The normalized spacial score (nSPS) is 17.7. The Bertz CT molecular complexity index is 441. The van der Waals surface area contributed by atoms with Gasteiger partial charge >= 0.3 is 0 Å². The van der Waals surface area contributed by atoms with E-state index in [0.717, 1.165) is 31.7 Å². The van der Waals surface area contributed by atoms with Crippen molar-refractivity contribution in [3.63, 3.8) is 0 Å². The van der Waals surface area contributed by atoms with E-state index in [-0.39, 0.29) is 11.8 Å². The van der Waals surface area contributed by atoms with Crippen molar-refractivity contribution in [2.75, 3.05) is 0 Å². The van der Waals surface area contributed by atoms with Crippen molar-refractivity contribution in [3.8, 4) is 0 Å². The fourth-order valence-corrected chi connectivity index (χ4v) is 2.45. The molecular weight excluding hydrogens is 236 g/mol. The van der Waals surface area contributed by atoms with Crippen LogP contribution in [0.3, 0.4) is 0 Å². The van der Waals surface area contributed by atoms with E-state index in [2.05, 4.69) is 5.32 Å². The highest BCUT2D eigenvalue weighted by Gasteiger charge is 2.24. The van der Waals surface area contributed by atoms with Gasteiger partial charge in [-0.15, -0.1) is 0 Å². The average Bonchev–Trinajstić information content (AvgIpc) is 2.81. The van der Waals surface area contributed by atoms with Crippen LogP contribution >= 0.6 is 0 Å². The first-order valence-electron chi connectivity index (χ1n) is 6.33. The van der Waals surface area contributed by atoms with Crippen molar-refractivity contribution in [2.24, 2.45) is 5.92 Å². The van der Waals surface area contributed by atoms with Gasteiger partial charge in [-0.05, 0) is 25.8 Å². The van der Waals surface area contributed by atoms with E-state index in [1.54, 1.807) is 6.92 Å². The summed E-state index contributed by atoms with van der Waals surface area (Å²) < 4.78 is 26.3. The molecule has 1 saturated carbocycles. The van der Waals surface area contributed by atoms with Gasteiger partial charge in [-0.25, -0.2) is 8.78 Å². The fourth-order valence-electron chi connectivity index (χ4n) is 2.45. The van der Waals surface area contributed by atoms with Crippen LogP contribution in [0, 0.1) is 17.6 Å². The van der Waals surface area contributed by atoms with Crippen LogP contribution in [-0.4, -0.2) is 5.91 Å². The molecule has 0 aromatic heterocycles. The van der Waals surface area contributed by atoms with Crippen molar-refractivity contribution < 1.29 is 13.6 Å². The van der Waals surface area contributed by atoms with Gasteiger partial charge in [0.05, 0.1) is 6.04 Å². The van der Waals surface area contributed by atoms with Gasteiger partial charge in [0.25, 0.3) is 0 Å². The number of hydrogen-bond acceptors (Lipinski definition) is 1. The standard InChI is InChI=1S/C14H17F2NO/c1-9(12-7-6-11(15)8-13(12)16)17-14(18)10-4-2-3-5-10/h6-10H,2-5H2,1H3,(H,17,18). The maximum Gasteiger partial charge on any atom is 0.223 e. The lowest BCUT2D eigenvalue weighted by Gasteiger charge is -2.17. The maximum atomic E-state index is 13.5. The number of benzene rings is 1. The third-order valence-electron chi connectivity index (χ3n) is 3.51. The van der Waals surface area contributed by atoms with Crippen LogP contribution in [0.5, 0.6) is 0 Å². The third-order valence-corrected chi connectivity index (χ3v) is 3.51. The summed E-state index contributed by atoms with van der Waals surface area (Å²) in [7, 11) is 0. The topological polar surface area (TPSA) is 29.1 Å². The molecule has 0 spiro atoms. The Morgan fingerprint density at radius 1 is 1.33 bits per heavy atom. The molecule has 1 unspecified atom stereocenters. The summed E-state index contributed by atoms with van der Waals surface area (Å²) in [6.45, 7) is 1.71. The second-order valence-electron chi connectivity index (χ2n) is 4.88. The van der Waals surface area contributed by atoms with Gasteiger partial charge in [0, 0.05) is 17.5 Å². The first kappa shape index (κ1) is 13.0. The van der Waals surface area contributed by atoms with Gasteiger partial charge in [-0.2, -0.15) is 0 Å². The average molecular weight is 253 g/mol. The Labute approximate surface area is 105 Å². The molecule has 98 valence electrons. The fraction of sp³-hybridized carbons (Fsp3) is 0.500. The number of carbonyl (C=O) groups is 1. The molecule has 1 amide bonds. The van der Waals surface area contributed by atoms with Crippen LogP contribution in [0.1, 0.15) is 44.2 Å². The van der Waals surface area contributed by atoms with Crippen LogP contribution in [-0.2, 0) is 4.79 Å². The van der Waals surface area contributed by atoms with E-state index in [1.807, 2.05) is 0 Å². The summed E-state index contributed by atoms with van der Waals surface area (Å²) in [5, 5.41) is 2.80. The van der Waals surface area contributed by atoms with Crippen LogP contribution in [0.25, 0.3) is 0 Å². The van der Waals surface area contributed by atoms with E-state index in [0.29, 0.717) is 5.56 Å². The zero-order valence-corrected chi connectivity index (χ0v) is 10.4. The van der Waals surface area contributed by atoms with Crippen LogP contribution in [0.15, 0.2) is 18.2 Å². The van der Waals surface area contributed by atoms with Gasteiger partial charge in [0.15, 0.2) is 0 Å². The largest absolute Gasteiger partial charge is 0.349 e. The molecule has 0 heterocycles. The van der Waals surface area contributed by atoms with E-state index in [9.17, 15) is 13.6 Å². The Hall–Kier alpha value is -1.45. The first-order valence-corrected chi connectivity index (χ1v) is 6.33. The molecule has 4 heteroatoms. The molecule has 1 N–H and O–H groups in total. The monoisotopic (exact) mass is 253 g/mol. The SMILES string of the molecule is CC(NC(=O)C1CCCC1)c1ccc(F)cc1F. The molecule has 0 bridgehead atoms. The van der Waals surface area contributed by atoms with Gasteiger partial charge in [-0.3, -0.25) is 4.79 Å². The zero-order chi connectivity index (χ0) is 13.1. The molecule has 1 aromatic rings. The molecule has 18 heavy (non-hydrogen) atoms. The van der Waals surface area contributed by atoms with Crippen LogP contribution in [0.2, 0.25) is 0 Å². The number of rotatable bonds is 3. The van der Waals surface area contributed by atoms with E-state index in [4.69, 9.17) is 0 Å². The molecule has 1 fully saturated rings. The second kappa shape index (κ2) is 5.46. The minimum Gasteiger partial charge on any atom is -0.349 e. The Morgan fingerprint density at radius 3 is 2.61 bits per heavy atom. The quantitative estimate of drug-likeness (QED) is 0.879. The second-order valence-corrected chi connectivity index (χ2v) is 4.88. The summed E-state index contributed by atoms with van der Waals surface area (Å²) in [6, 6.07) is 2.99. The lowest BCUT2D eigenvalue weighted by molar-refractivity contribution is -0.125. The van der Waals surface area contributed by atoms with Crippen molar-refractivity contribution in [3.05, 3.63) is 35.4 Å². The molecular formula is C14H17F2NO. The van der Waals surface area contributed by atoms with Crippen molar-refractivity contribution in [2.45, 2.75) is 38.6 Å². The summed E-state index contributed by atoms with van der Waals surface area (Å²) in [5.41, 5.74) is 0.322. The number of hydrogen-bond donors (Lipinski definition) is 1. The van der Waals surface area contributed by atoms with Crippen molar-refractivity contribution >= 4 is 5.91 Å². The van der Waals surface area contributed by atoms with Gasteiger partial charge in [0.2, 0.25) is 5.91 Å². The van der Waals surface area contributed by atoms with Crippen LogP contribution in [0.4, 0.5) is 8.78 Å². The lowest BCUT2D eigenvalue weighted by Crippen LogP contribution is -2.32. The number of halogens is 2. The van der Waals surface area contributed by atoms with Crippen LogP contribution < -0.4 is 5.32 Å². The molecule has 1 aromatic carbocycles. The highest BCUT2D eigenvalue weighted by Crippen LogP contribution is 2.26. The molecule has 0 aliphatic heterocycles. The van der Waals surface area contributed by atoms with E-state index >= 15 is 0 Å². The van der Waals surface area contributed by atoms with Gasteiger partial charge in [0.1, 0.15) is 11.6 Å². The van der Waals surface area contributed by atoms with E-state index < -0.39 is 17.7 Å². The third kappa shape index (κ3) is 2.86. The molecule has 1 aliphatic carbocycles. The summed E-state index contributed by atoms with van der Waals surface area (Å²) >= 11 is 0. The molecule has 1 atom stereocenters. The molecule has 2 rings (SSSR count). The minimum absolute atomic E-state index is 0.0243. The Kier molecular flexibility index (Phi) is 3.94. The maximum absolute atomic E-state index is 13.5. The lowest BCUT2D eigenvalue weighted by atomic mass is 10.0. The van der Waals surface area contributed by atoms with Gasteiger partial charge in [-0.1, -0.05) is 18.9 Å². The minimum atomic E-state index is -0.616. The summed E-state index contributed by atoms with van der Waals surface area (Å²) in [6.07, 6.45) is 3.98. The predicted molar refractivity (Wildman–Crippen MR) is 64.9 cm³/mol. The smallest absolute Gasteiger partial charge is 0.223 e. The Balaban J connectivity index is 2.02. The predicted octanol–water partition coefficient (Wildman–Crippen LogP) is 3.33. The van der Waals surface area contributed by atoms with E-state index in [1.165, 1.54) is 12.1 Å². The summed E-state index contributed by atoms with van der Waals surface area (Å²) in [5.74, 6) is -1.19. The van der Waals surface area contributed by atoms with Crippen molar-refractivity contribution in [1.82, 2.24) is 5.32 Å². The highest BCUT2D eigenvalue weighted by molar-refractivity contribution is 5.79.